The van der Waals surface area contributed by atoms with Gasteiger partial charge in [-0.2, -0.15) is 8.78 Å². The predicted molar refractivity (Wildman–Crippen MR) is 144 cm³/mol. The fourth-order valence-electron chi connectivity index (χ4n) is 4.40. The molecule has 36 heavy (non-hydrogen) atoms. The third kappa shape index (κ3) is 6.26. The molecule has 2 aliphatic carbocycles. The van der Waals surface area contributed by atoms with E-state index in [1.807, 2.05) is 81.8 Å². The minimum absolute atomic E-state index is 0. The van der Waals surface area contributed by atoms with Gasteiger partial charge in [0.25, 0.3) is 6.08 Å². The molecule has 0 heterocycles. The van der Waals surface area contributed by atoms with Gasteiger partial charge in [-0.1, -0.05) is 85.5 Å². The number of fused-ring (bicyclic) bond motifs is 4. The SMILES string of the molecule is C=CC=CC.CN([Si](=O)CC1C=CC2=C1c1ccccc1C(=C(F)F)c1ccccc12)C(C)(C)C.[Ti]. The maximum atomic E-state index is 14.2. The molecule has 0 aromatic heterocycles. The Balaban J connectivity index is 0.000000694. The molecule has 1 unspecified atom stereocenters. The number of allylic oxidation sites excluding steroid dienone is 7. The number of halogens is 2. The third-order valence-electron chi connectivity index (χ3n) is 6.42. The Morgan fingerprint density at radius 3 is 2.03 bits per heavy atom. The average molecular weight is 538 g/mol. The zero-order chi connectivity index (χ0) is 25.8. The molecule has 2 aromatic rings. The van der Waals surface area contributed by atoms with Crippen LogP contribution < -0.4 is 0 Å². The fourth-order valence-corrected chi connectivity index (χ4v) is 6.14. The Bertz CT molecular complexity index is 1250. The van der Waals surface area contributed by atoms with Gasteiger partial charge in [0.2, 0.25) is 0 Å². The zero-order valence-corrected chi connectivity index (χ0v) is 24.2. The van der Waals surface area contributed by atoms with E-state index < -0.39 is 14.9 Å². The molecular weight excluding hydrogens is 504 g/mol. The van der Waals surface area contributed by atoms with Crippen molar-refractivity contribution < 1.29 is 35.0 Å². The van der Waals surface area contributed by atoms with Gasteiger partial charge in [0, 0.05) is 46.3 Å². The van der Waals surface area contributed by atoms with Crippen LogP contribution in [-0.2, 0) is 26.2 Å². The monoisotopic (exact) mass is 537 g/mol. The van der Waals surface area contributed by atoms with Gasteiger partial charge in [-0.15, -0.1) is 0 Å². The summed E-state index contributed by atoms with van der Waals surface area (Å²) >= 11 is 0. The summed E-state index contributed by atoms with van der Waals surface area (Å²) in [4.78, 5) is 0. The molecule has 0 saturated carbocycles. The van der Waals surface area contributed by atoms with Crippen LogP contribution in [0.5, 0.6) is 0 Å². The number of hydrogen-bond donors (Lipinski definition) is 0. The van der Waals surface area contributed by atoms with Crippen molar-refractivity contribution in [1.29, 1.82) is 0 Å². The van der Waals surface area contributed by atoms with Gasteiger partial charge in [0.15, 0.2) is 0 Å². The van der Waals surface area contributed by atoms with E-state index in [0.717, 1.165) is 22.3 Å². The van der Waals surface area contributed by atoms with Gasteiger partial charge in [0.05, 0.1) is 5.57 Å². The first kappa shape index (κ1) is 29.8. The molecule has 0 bridgehead atoms. The molecule has 2 nitrogen and oxygen atoms in total. The molecule has 0 amide bonds. The summed E-state index contributed by atoms with van der Waals surface area (Å²) in [6, 6.07) is 15.2. The molecule has 0 aliphatic heterocycles. The van der Waals surface area contributed by atoms with Crippen molar-refractivity contribution in [3.8, 4) is 0 Å². The first-order valence-corrected chi connectivity index (χ1v) is 13.4. The number of nitrogens with zero attached hydrogens (tertiary/aromatic N) is 1. The Labute approximate surface area is 230 Å². The van der Waals surface area contributed by atoms with Crippen molar-refractivity contribution in [1.82, 2.24) is 4.57 Å². The van der Waals surface area contributed by atoms with Crippen LogP contribution >= 0.6 is 0 Å². The van der Waals surface area contributed by atoms with E-state index in [0.29, 0.717) is 17.2 Å². The summed E-state index contributed by atoms with van der Waals surface area (Å²) in [5.41, 5.74) is 4.41. The first-order chi connectivity index (χ1) is 16.6. The fraction of sp³-hybridized carbons (Fsp3) is 0.267. The molecule has 4 rings (SSSR count). The summed E-state index contributed by atoms with van der Waals surface area (Å²) in [5, 5.41) is 0. The van der Waals surface area contributed by atoms with E-state index in [1.54, 1.807) is 30.3 Å². The summed E-state index contributed by atoms with van der Waals surface area (Å²) < 4.78 is 43.4. The van der Waals surface area contributed by atoms with Crippen molar-refractivity contribution >= 4 is 25.6 Å². The van der Waals surface area contributed by atoms with E-state index >= 15 is 0 Å². The Morgan fingerprint density at radius 1 is 1.03 bits per heavy atom. The molecule has 186 valence electrons. The molecule has 0 spiro atoms. The van der Waals surface area contributed by atoms with Gasteiger partial charge in [-0.05, 0) is 61.1 Å². The molecule has 1 atom stereocenters. The van der Waals surface area contributed by atoms with Crippen LogP contribution in [0.15, 0.2) is 91.6 Å². The largest absolute Gasteiger partial charge is 0.395 e. The molecule has 2 aliphatic rings. The molecule has 6 heteroatoms. The molecule has 2 aromatic carbocycles. The van der Waals surface area contributed by atoms with Crippen LogP contribution in [-0.4, -0.2) is 26.0 Å². The second-order valence-electron chi connectivity index (χ2n) is 9.61. The number of benzene rings is 2. The summed E-state index contributed by atoms with van der Waals surface area (Å²) in [6.07, 6.45) is 7.99. The topological polar surface area (TPSA) is 20.3 Å². The van der Waals surface area contributed by atoms with E-state index in [4.69, 9.17) is 0 Å². The van der Waals surface area contributed by atoms with Gasteiger partial charge >= 0.3 is 8.84 Å². The average Bonchev–Trinajstić information content (AvgIpc) is 3.17. The standard InChI is InChI=1S/C25H25F2NOSi.C5H8.Ti/c1-25(2,3)28(4)30(29)15-16-13-14-21-17-9-5-6-10-18(17)23(24(26)27)20-12-8-7-11-19(20)22(16)21;1-3-5-4-2;/h5-14,16H,15H2,1-4H3;3-5H,1H2,2H3;. The van der Waals surface area contributed by atoms with Crippen LogP contribution in [0.4, 0.5) is 8.78 Å². The molecule has 0 saturated heterocycles. The van der Waals surface area contributed by atoms with Crippen molar-refractivity contribution in [2.75, 3.05) is 7.05 Å². The van der Waals surface area contributed by atoms with E-state index in [-0.39, 0.29) is 38.7 Å². The van der Waals surface area contributed by atoms with Crippen LogP contribution in [0.25, 0.3) is 16.7 Å². The quantitative estimate of drug-likeness (QED) is 0.290. The van der Waals surface area contributed by atoms with Crippen LogP contribution in [0.1, 0.15) is 49.9 Å². The summed E-state index contributed by atoms with van der Waals surface area (Å²) in [7, 11) is -0.145. The second kappa shape index (κ2) is 12.7. The van der Waals surface area contributed by atoms with Gasteiger partial charge < -0.3 is 9.03 Å². The molecule has 0 radical (unpaired) electrons. The Hall–Kier alpha value is -2.47. The molecule has 0 fully saturated rings. The van der Waals surface area contributed by atoms with E-state index in [1.165, 1.54) is 0 Å². The van der Waals surface area contributed by atoms with Crippen LogP contribution in [0.3, 0.4) is 0 Å². The zero-order valence-electron chi connectivity index (χ0n) is 21.6. The van der Waals surface area contributed by atoms with E-state index in [9.17, 15) is 13.2 Å². The minimum atomic E-state index is -2.04. The summed E-state index contributed by atoms with van der Waals surface area (Å²) in [6.45, 7) is 11.6. The maximum Gasteiger partial charge on any atom is 0.395 e. The van der Waals surface area contributed by atoms with Gasteiger partial charge in [-0.25, -0.2) is 0 Å². The van der Waals surface area contributed by atoms with Crippen LogP contribution in [0.2, 0.25) is 6.04 Å². The normalized spacial score (nSPS) is 15.6. The molecular formula is C30H33F2NOSiTi. The second-order valence-corrected chi connectivity index (χ2v) is 11.5. The van der Waals surface area contributed by atoms with Crippen molar-refractivity contribution in [3.63, 3.8) is 0 Å². The molecule has 0 N–H and O–H groups in total. The number of hydrogen-bond acceptors (Lipinski definition) is 1. The van der Waals surface area contributed by atoms with E-state index in [2.05, 4.69) is 12.7 Å². The number of rotatable bonds is 4. The minimum Gasteiger partial charge on any atom is -0.375 e. The Morgan fingerprint density at radius 2 is 1.56 bits per heavy atom. The van der Waals surface area contributed by atoms with Crippen molar-refractivity contribution in [3.05, 3.63) is 114 Å². The first-order valence-electron chi connectivity index (χ1n) is 11.8. The van der Waals surface area contributed by atoms with Crippen LogP contribution in [0, 0.1) is 5.92 Å². The summed E-state index contributed by atoms with van der Waals surface area (Å²) in [5.74, 6) is -0.0765. The third-order valence-corrected chi connectivity index (χ3v) is 8.63. The van der Waals surface area contributed by atoms with Crippen molar-refractivity contribution in [2.24, 2.45) is 5.92 Å². The van der Waals surface area contributed by atoms with Crippen molar-refractivity contribution in [2.45, 2.75) is 39.3 Å². The predicted octanol–water partition coefficient (Wildman–Crippen LogP) is 8.15. The van der Waals surface area contributed by atoms with Gasteiger partial charge in [-0.3, -0.25) is 0 Å². The Kier molecular flexibility index (Phi) is 10.5. The van der Waals surface area contributed by atoms with Gasteiger partial charge in [0.1, 0.15) is 0 Å². The smallest absolute Gasteiger partial charge is 0.375 e. The maximum absolute atomic E-state index is 14.2.